The molecule has 0 bridgehead atoms. The number of nitrogens with zero attached hydrogens (tertiary/aromatic N) is 1. The van der Waals surface area contributed by atoms with Crippen molar-refractivity contribution >= 4 is 0 Å². The van der Waals surface area contributed by atoms with Gasteiger partial charge in [0.15, 0.2) is 11.6 Å². The average Bonchev–Trinajstić information content (AvgIpc) is 2.89. The Morgan fingerprint density at radius 1 is 1.27 bits per heavy atom. The largest absolute Gasteiger partial charge is 0.382 e. The van der Waals surface area contributed by atoms with Gasteiger partial charge in [-0.2, -0.15) is 0 Å². The molecule has 0 aromatic heterocycles. The van der Waals surface area contributed by atoms with Gasteiger partial charge in [0.1, 0.15) is 0 Å². The van der Waals surface area contributed by atoms with Gasteiger partial charge in [0, 0.05) is 13.7 Å². The summed E-state index contributed by atoms with van der Waals surface area (Å²) in [6.07, 6.45) is 3.48. The van der Waals surface area contributed by atoms with Crippen LogP contribution in [0.4, 0.5) is 8.78 Å². The lowest BCUT2D eigenvalue weighted by Crippen LogP contribution is -2.40. The van der Waals surface area contributed by atoms with E-state index in [4.69, 9.17) is 9.47 Å². The van der Waals surface area contributed by atoms with Crippen molar-refractivity contribution in [3.05, 3.63) is 35.4 Å². The highest BCUT2D eigenvalue weighted by atomic mass is 19.2. The van der Waals surface area contributed by atoms with E-state index in [9.17, 15) is 8.78 Å². The molecule has 1 aromatic carbocycles. The van der Waals surface area contributed by atoms with Crippen LogP contribution in [0.5, 0.6) is 0 Å². The van der Waals surface area contributed by atoms with E-state index >= 15 is 0 Å². The minimum Gasteiger partial charge on any atom is -0.382 e. The lowest BCUT2D eigenvalue weighted by atomic mass is 9.76. The predicted octanol–water partition coefficient (Wildman–Crippen LogP) is 2.98. The Hall–Kier alpha value is -1.04. The van der Waals surface area contributed by atoms with Crippen molar-refractivity contribution in [2.24, 2.45) is 5.41 Å². The molecule has 5 heteroatoms. The quantitative estimate of drug-likeness (QED) is 0.853. The monoisotopic (exact) mass is 311 g/mol. The van der Waals surface area contributed by atoms with Gasteiger partial charge in [0.2, 0.25) is 0 Å². The summed E-state index contributed by atoms with van der Waals surface area (Å²) in [4.78, 5) is 2.31. The molecule has 2 fully saturated rings. The average molecular weight is 311 g/mol. The van der Waals surface area contributed by atoms with Crippen LogP contribution < -0.4 is 0 Å². The zero-order valence-electron chi connectivity index (χ0n) is 13.0. The van der Waals surface area contributed by atoms with Gasteiger partial charge in [-0.05, 0) is 55.5 Å². The number of methoxy groups -OCH3 is 1. The summed E-state index contributed by atoms with van der Waals surface area (Å²) in [5.41, 5.74) is 1.11. The van der Waals surface area contributed by atoms with Crippen LogP contribution in [0.3, 0.4) is 0 Å². The number of halogens is 2. The Kier molecular flexibility index (Phi) is 4.76. The van der Waals surface area contributed by atoms with Crippen LogP contribution in [0.15, 0.2) is 18.2 Å². The van der Waals surface area contributed by atoms with Crippen LogP contribution in [-0.4, -0.2) is 44.4 Å². The van der Waals surface area contributed by atoms with Crippen molar-refractivity contribution in [1.82, 2.24) is 4.90 Å². The van der Waals surface area contributed by atoms with Gasteiger partial charge < -0.3 is 9.47 Å². The standard InChI is InChI=1S/C17H23F2NO2/c1-21-11-14-9-17(12-22-14)4-6-20(7-5-17)10-13-2-3-15(18)16(19)8-13/h2-3,8,14H,4-7,9-12H2,1H3. The number of likely N-dealkylation sites (tertiary alicyclic amines) is 1. The first-order valence-electron chi connectivity index (χ1n) is 7.87. The van der Waals surface area contributed by atoms with Crippen molar-refractivity contribution < 1.29 is 18.3 Å². The third-order valence-corrected chi connectivity index (χ3v) is 4.95. The second kappa shape index (κ2) is 6.60. The third kappa shape index (κ3) is 3.47. The highest BCUT2D eigenvalue weighted by Crippen LogP contribution is 2.42. The molecule has 2 heterocycles. The van der Waals surface area contributed by atoms with Gasteiger partial charge in [0.05, 0.1) is 19.3 Å². The van der Waals surface area contributed by atoms with Crippen molar-refractivity contribution in [2.45, 2.75) is 31.9 Å². The molecule has 122 valence electrons. The van der Waals surface area contributed by atoms with E-state index < -0.39 is 11.6 Å². The van der Waals surface area contributed by atoms with E-state index in [1.54, 1.807) is 13.2 Å². The lowest BCUT2D eigenvalue weighted by Gasteiger charge is -2.38. The second-order valence-electron chi connectivity index (χ2n) is 6.62. The molecule has 2 aliphatic heterocycles. The Labute approximate surface area is 130 Å². The second-order valence-corrected chi connectivity index (χ2v) is 6.62. The van der Waals surface area contributed by atoms with Crippen molar-refractivity contribution in [3.8, 4) is 0 Å². The fourth-order valence-corrected chi connectivity index (χ4v) is 3.62. The number of rotatable bonds is 4. The van der Waals surface area contributed by atoms with Gasteiger partial charge in [-0.25, -0.2) is 8.78 Å². The van der Waals surface area contributed by atoms with E-state index in [0.29, 0.717) is 13.2 Å². The molecule has 3 nitrogen and oxygen atoms in total. The minimum absolute atomic E-state index is 0.225. The minimum atomic E-state index is -0.784. The first-order valence-corrected chi connectivity index (χ1v) is 7.87. The molecule has 2 saturated heterocycles. The molecule has 22 heavy (non-hydrogen) atoms. The van der Waals surface area contributed by atoms with Crippen LogP contribution in [0.2, 0.25) is 0 Å². The first kappa shape index (κ1) is 15.8. The van der Waals surface area contributed by atoms with Crippen LogP contribution >= 0.6 is 0 Å². The first-order chi connectivity index (χ1) is 10.6. The molecule has 1 spiro atoms. The van der Waals surface area contributed by atoms with E-state index in [2.05, 4.69) is 4.90 Å². The summed E-state index contributed by atoms with van der Waals surface area (Å²) in [7, 11) is 1.71. The normalized spacial score (nSPS) is 25.0. The van der Waals surface area contributed by atoms with E-state index in [-0.39, 0.29) is 11.5 Å². The molecule has 0 amide bonds. The summed E-state index contributed by atoms with van der Waals surface area (Å²) in [5, 5.41) is 0. The van der Waals surface area contributed by atoms with Gasteiger partial charge in [-0.1, -0.05) is 6.07 Å². The Morgan fingerprint density at radius 2 is 2.05 bits per heavy atom. The molecule has 0 saturated carbocycles. The maximum atomic E-state index is 13.3. The maximum Gasteiger partial charge on any atom is 0.159 e. The van der Waals surface area contributed by atoms with Gasteiger partial charge in [-0.15, -0.1) is 0 Å². The Morgan fingerprint density at radius 3 is 2.73 bits per heavy atom. The molecule has 0 radical (unpaired) electrons. The molecular formula is C17H23F2NO2. The van der Waals surface area contributed by atoms with Gasteiger partial charge in [0.25, 0.3) is 0 Å². The molecule has 1 atom stereocenters. The van der Waals surface area contributed by atoms with Gasteiger partial charge >= 0.3 is 0 Å². The van der Waals surface area contributed by atoms with Gasteiger partial charge in [-0.3, -0.25) is 4.90 Å². The van der Waals surface area contributed by atoms with Crippen molar-refractivity contribution in [2.75, 3.05) is 33.4 Å². The molecule has 0 aliphatic carbocycles. The Balaban J connectivity index is 1.52. The molecule has 3 rings (SSSR count). The maximum absolute atomic E-state index is 13.3. The summed E-state index contributed by atoms with van der Waals surface area (Å²) >= 11 is 0. The number of benzene rings is 1. The summed E-state index contributed by atoms with van der Waals surface area (Å²) in [6, 6.07) is 4.17. The van der Waals surface area contributed by atoms with Crippen molar-refractivity contribution in [3.63, 3.8) is 0 Å². The molecule has 0 N–H and O–H groups in total. The fraction of sp³-hybridized carbons (Fsp3) is 0.647. The smallest absolute Gasteiger partial charge is 0.159 e. The molecule has 1 unspecified atom stereocenters. The van der Waals surface area contributed by atoms with E-state index in [1.165, 1.54) is 12.1 Å². The Bertz CT molecular complexity index is 515. The van der Waals surface area contributed by atoms with Crippen LogP contribution in [0, 0.1) is 17.0 Å². The summed E-state index contributed by atoms with van der Waals surface area (Å²) in [5.74, 6) is -1.55. The zero-order chi connectivity index (χ0) is 15.6. The SMILES string of the molecule is COCC1CC2(CCN(Cc3ccc(F)c(F)c3)CC2)CO1. The molecule has 2 aliphatic rings. The predicted molar refractivity (Wildman–Crippen MR) is 79.5 cm³/mol. The highest BCUT2D eigenvalue weighted by molar-refractivity contribution is 5.17. The lowest BCUT2D eigenvalue weighted by molar-refractivity contribution is 0.0284. The number of piperidine rings is 1. The summed E-state index contributed by atoms with van der Waals surface area (Å²) < 4.78 is 37.2. The van der Waals surface area contributed by atoms with E-state index in [1.807, 2.05) is 0 Å². The highest BCUT2D eigenvalue weighted by Gasteiger charge is 2.42. The molecular weight excluding hydrogens is 288 g/mol. The number of hydrogen-bond acceptors (Lipinski definition) is 3. The van der Waals surface area contributed by atoms with Crippen molar-refractivity contribution in [1.29, 1.82) is 0 Å². The molecule has 1 aromatic rings. The van der Waals surface area contributed by atoms with E-state index in [0.717, 1.165) is 44.5 Å². The fourth-order valence-electron chi connectivity index (χ4n) is 3.62. The number of hydrogen-bond donors (Lipinski definition) is 0. The zero-order valence-corrected chi connectivity index (χ0v) is 13.0. The summed E-state index contributed by atoms with van der Waals surface area (Å²) in [6.45, 7) is 4.11. The number of ether oxygens (including phenoxy) is 2. The third-order valence-electron chi connectivity index (χ3n) is 4.95. The van der Waals surface area contributed by atoms with Crippen LogP contribution in [0.25, 0.3) is 0 Å². The van der Waals surface area contributed by atoms with Crippen LogP contribution in [0.1, 0.15) is 24.8 Å². The van der Waals surface area contributed by atoms with Crippen LogP contribution in [-0.2, 0) is 16.0 Å². The topological polar surface area (TPSA) is 21.7 Å².